The first-order valence-electron chi connectivity index (χ1n) is 5.63. The molecule has 0 saturated carbocycles. The lowest BCUT2D eigenvalue weighted by Gasteiger charge is -2.19. The van der Waals surface area contributed by atoms with Gasteiger partial charge in [0.25, 0.3) is 0 Å². The van der Waals surface area contributed by atoms with E-state index in [0.29, 0.717) is 0 Å². The number of ether oxygens (including phenoxy) is 1. The summed E-state index contributed by atoms with van der Waals surface area (Å²) < 4.78 is 28.5. The highest BCUT2D eigenvalue weighted by Crippen LogP contribution is 2.32. The first-order valence-corrected chi connectivity index (χ1v) is 7.11. The molecule has 0 aromatic heterocycles. The molecule has 0 heterocycles. The molecule has 0 spiro atoms. The van der Waals surface area contributed by atoms with Gasteiger partial charge < -0.3 is 4.74 Å². The second kappa shape index (κ2) is 4.99. The molecule has 98 valence electrons. The molecule has 0 aliphatic rings. The van der Waals surface area contributed by atoms with Gasteiger partial charge in [-0.25, -0.2) is 8.42 Å². The van der Waals surface area contributed by atoms with Crippen molar-refractivity contribution in [2.45, 2.75) is 36.8 Å². The molecule has 1 aromatic carbocycles. The van der Waals surface area contributed by atoms with E-state index in [0.717, 1.165) is 12.0 Å². The minimum absolute atomic E-state index is 0.0795. The molecule has 0 radical (unpaired) electrons. The van der Waals surface area contributed by atoms with Crippen LogP contribution >= 0.6 is 0 Å². The normalized spacial score (nSPS) is 11.9. The summed E-state index contributed by atoms with van der Waals surface area (Å²) in [6.07, 6.45) is 0.722. The molecule has 1 rings (SSSR count). The molecular formula is C13H17NO3S. The highest BCUT2D eigenvalue weighted by atomic mass is 32.2. The van der Waals surface area contributed by atoms with Gasteiger partial charge >= 0.3 is 0 Å². The van der Waals surface area contributed by atoms with Crippen LogP contribution in [-0.2, 0) is 16.3 Å². The summed E-state index contributed by atoms with van der Waals surface area (Å²) in [6, 6.07) is 6.84. The van der Waals surface area contributed by atoms with E-state index < -0.39 is 14.6 Å². The van der Waals surface area contributed by atoms with E-state index in [9.17, 15) is 8.42 Å². The third-order valence-corrected chi connectivity index (χ3v) is 5.20. The number of sulfone groups is 1. The Morgan fingerprint density at radius 2 is 2.00 bits per heavy atom. The van der Waals surface area contributed by atoms with Gasteiger partial charge in [0.1, 0.15) is 10.6 Å². The highest BCUT2D eigenvalue weighted by Gasteiger charge is 2.38. The fourth-order valence-electron chi connectivity index (χ4n) is 1.49. The second-order valence-electron chi connectivity index (χ2n) is 4.46. The number of hydrogen-bond donors (Lipinski definition) is 0. The third kappa shape index (κ3) is 2.34. The average molecular weight is 267 g/mol. The molecule has 5 heteroatoms. The average Bonchev–Trinajstić information content (AvgIpc) is 2.37. The Kier molecular flexibility index (Phi) is 4.02. The molecule has 0 N–H and O–H groups in total. The van der Waals surface area contributed by atoms with Crippen molar-refractivity contribution in [3.05, 3.63) is 23.8 Å². The Balaban J connectivity index is 3.54. The van der Waals surface area contributed by atoms with Crippen LogP contribution in [0.1, 0.15) is 26.3 Å². The summed E-state index contributed by atoms with van der Waals surface area (Å²) in [7, 11) is -2.33. The third-order valence-electron chi connectivity index (χ3n) is 2.87. The number of aryl methyl sites for hydroxylation is 1. The van der Waals surface area contributed by atoms with Gasteiger partial charge in [-0.2, -0.15) is 5.26 Å². The van der Waals surface area contributed by atoms with Gasteiger partial charge in [-0.15, -0.1) is 0 Å². The Bertz CT molecular complexity index is 583. The zero-order valence-corrected chi connectivity index (χ0v) is 11.8. The van der Waals surface area contributed by atoms with E-state index in [-0.39, 0.29) is 10.6 Å². The largest absolute Gasteiger partial charge is 0.495 e. The van der Waals surface area contributed by atoms with Crippen LogP contribution in [0.5, 0.6) is 5.75 Å². The minimum Gasteiger partial charge on any atom is -0.495 e. The van der Waals surface area contributed by atoms with Crippen LogP contribution in [0.4, 0.5) is 0 Å². The molecule has 0 fully saturated rings. The van der Waals surface area contributed by atoms with E-state index >= 15 is 0 Å². The molecule has 0 unspecified atom stereocenters. The van der Waals surface area contributed by atoms with Crippen molar-refractivity contribution in [3.63, 3.8) is 0 Å². The highest BCUT2D eigenvalue weighted by molar-refractivity contribution is 7.93. The van der Waals surface area contributed by atoms with Gasteiger partial charge in [-0.05, 0) is 38.0 Å². The summed E-state index contributed by atoms with van der Waals surface area (Å²) in [4.78, 5) is 0.0795. The summed E-state index contributed by atoms with van der Waals surface area (Å²) in [5, 5.41) is 9.01. The first kappa shape index (κ1) is 14.5. The first-order chi connectivity index (χ1) is 8.30. The fourth-order valence-corrected chi connectivity index (χ4v) is 2.88. The van der Waals surface area contributed by atoms with Crippen molar-refractivity contribution < 1.29 is 13.2 Å². The van der Waals surface area contributed by atoms with E-state index in [1.54, 1.807) is 12.1 Å². The van der Waals surface area contributed by atoms with Gasteiger partial charge in [0.2, 0.25) is 9.84 Å². The maximum Gasteiger partial charge on any atom is 0.200 e. The lowest BCUT2D eigenvalue weighted by molar-refractivity contribution is 0.402. The summed E-state index contributed by atoms with van der Waals surface area (Å²) in [5.41, 5.74) is 0.892. The lowest BCUT2D eigenvalue weighted by atomic mass is 10.2. The molecule has 0 bridgehead atoms. The maximum atomic E-state index is 12.4. The van der Waals surface area contributed by atoms with Crippen LogP contribution in [-0.4, -0.2) is 20.3 Å². The Hall–Kier alpha value is -1.54. The maximum absolute atomic E-state index is 12.4. The molecule has 0 atom stereocenters. The molecule has 0 aliphatic heterocycles. The number of nitriles is 1. The molecule has 0 aliphatic carbocycles. The molecule has 0 amide bonds. The zero-order chi connectivity index (χ0) is 14.0. The fraction of sp³-hybridized carbons (Fsp3) is 0.462. The zero-order valence-electron chi connectivity index (χ0n) is 11.0. The topological polar surface area (TPSA) is 67.2 Å². The van der Waals surface area contributed by atoms with Crippen LogP contribution < -0.4 is 4.74 Å². The Morgan fingerprint density at radius 1 is 1.39 bits per heavy atom. The van der Waals surface area contributed by atoms with Gasteiger partial charge in [0, 0.05) is 0 Å². The Labute approximate surface area is 108 Å². The smallest absolute Gasteiger partial charge is 0.200 e. The quantitative estimate of drug-likeness (QED) is 0.839. The number of benzene rings is 1. The standard InChI is InChI=1S/C13H17NO3S/c1-5-10-6-7-11(17-4)12(8-10)18(15,16)13(2,3)9-14/h6-8H,5H2,1-4H3. The summed E-state index contributed by atoms with van der Waals surface area (Å²) in [5.74, 6) is 0.274. The van der Waals surface area contributed by atoms with Gasteiger partial charge in [-0.1, -0.05) is 13.0 Å². The molecule has 4 nitrogen and oxygen atoms in total. The second-order valence-corrected chi connectivity index (χ2v) is 6.93. The Morgan fingerprint density at radius 3 is 2.44 bits per heavy atom. The van der Waals surface area contributed by atoms with Gasteiger partial charge in [0.15, 0.2) is 4.75 Å². The van der Waals surface area contributed by atoms with Crippen molar-refractivity contribution in [1.29, 1.82) is 5.26 Å². The molecule has 1 aromatic rings. The van der Waals surface area contributed by atoms with E-state index in [1.807, 2.05) is 19.1 Å². The summed E-state index contributed by atoms with van der Waals surface area (Å²) >= 11 is 0. The van der Waals surface area contributed by atoms with Crippen LogP contribution in [0.25, 0.3) is 0 Å². The van der Waals surface area contributed by atoms with Crippen molar-refractivity contribution >= 4 is 9.84 Å². The monoisotopic (exact) mass is 267 g/mol. The van der Waals surface area contributed by atoms with Crippen LogP contribution in [0.3, 0.4) is 0 Å². The SMILES string of the molecule is CCc1ccc(OC)c(S(=O)(=O)C(C)(C)C#N)c1. The predicted molar refractivity (Wildman–Crippen MR) is 69.2 cm³/mol. The van der Waals surface area contributed by atoms with Crippen molar-refractivity contribution in [2.24, 2.45) is 0 Å². The lowest BCUT2D eigenvalue weighted by Crippen LogP contribution is -2.30. The van der Waals surface area contributed by atoms with Crippen LogP contribution in [0.15, 0.2) is 23.1 Å². The minimum atomic E-state index is -3.75. The number of methoxy groups -OCH3 is 1. The van der Waals surface area contributed by atoms with E-state index in [2.05, 4.69) is 0 Å². The summed E-state index contributed by atoms with van der Waals surface area (Å²) in [6.45, 7) is 4.72. The number of hydrogen-bond acceptors (Lipinski definition) is 4. The van der Waals surface area contributed by atoms with Crippen LogP contribution in [0.2, 0.25) is 0 Å². The van der Waals surface area contributed by atoms with Crippen LogP contribution in [0, 0.1) is 11.3 Å². The van der Waals surface area contributed by atoms with Crippen molar-refractivity contribution in [2.75, 3.05) is 7.11 Å². The van der Waals surface area contributed by atoms with Gasteiger partial charge in [0.05, 0.1) is 13.2 Å². The number of rotatable bonds is 4. The number of nitrogens with zero attached hydrogens (tertiary/aromatic N) is 1. The van der Waals surface area contributed by atoms with E-state index in [1.165, 1.54) is 21.0 Å². The van der Waals surface area contributed by atoms with E-state index in [4.69, 9.17) is 10.00 Å². The molecular weight excluding hydrogens is 250 g/mol. The molecule has 0 saturated heterocycles. The van der Waals surface area contributed by atoms with Gasteiger partial charge in [-0.3, -0.25) is 0 Å². The van der Waals surface area contributed by atoms with Crippen molar-refractivity contribution in [1.82, 2.24) is 0 Å². The predicted octanol–water partition coefficient (Wildman–Crippen LogP) is 2.33. The molecule has 18 heavy (non-hydrogen) atoms. The van der Waals surface area contributed by atoms with Crippen molar-refractivity contribution in [3.8, 4) is 11.8 Å².